The molecular formula is C77H133NO18. The predicted molar refractivity (Wildman–Crippen MR) is 378 cm³/mol. The van der Waals surface area contributed by atoms with E-state index in [-0.39, 0.29) is 18.9 Å². The predicted octanol–water partition coefficient (Wildman–Crippen LogP) is 11.2. The summed E-state index contributed by atoms with van der Waals surface area (Å²) in [6.07, 6.45) is 49.4. The Labute approximate surface area is 577 Å². The van der Waals surface area contributed by atoms with Crippen molar-refractivity contribution in [2.75, 3.05) is 26.4 Å². The Bertz CT molecular complexity index is 2110. The normalized spacial score (nSPS) is 27.6. The van der Waals surface area contributed by atoms with Crippen molar-refractivity contribution < 1.29 is 89.4 Å². The number of rotatable bonds is 57. The Kier molecular flexibility index (Phi) is 51.9. The Morgan fingerprint density at radius 2 is 0.719 bits per heavy atom. The van der Waals surface area contributed by atoms with E-state index in [0.29, 0.717) is 6.42 Å². The summed E-state index contributed by atoms with van der Waals surface area (Å²) in [6, 6.07) is -0.984. The van der Waals surface area contributed by atoms with Crippen LogP contribution in [0.3, 0.4) is 0 Å². The van der Waals surface area contributed by atoms with Gasteiger partial charge in [-0.25, -0.2) is 0 Å². The first kappa shape index (κ1) is 86.9. The van der Waals surface area contributed by atoms with E-state index in [4.69, 9.17) is 28.4 Å². The van der Waals surface area contributed by atoms with Gasteiger partial charge in [0.1, 0.15) is 73.2 Å². The van der Waals surface area contributed by atoms with Crippen LogP contribution in [0.4, 0.5) is 0 Å². The van der Waals surface area contributed by atoms with Gasteiger partial charge in [-0.05, 0) is 77.0 Å². The minimum absolute atomic E-state index is 0.230. The summed E-state index contributed by atoms with van der Waals surface area (Å²) in [5.41, 5.74) is 0. The van der Waals surface area contributed by atoms with Crippen molar-refractivity contribution in [3.05, 3.63) is 97.2 Å². The lowest BCUT2D eigenvalue weighted by molar-refractivity contribution is -0.379. The molecular weight excluding hydrogens is 1230 g/mol. The fourth-order valence-electron chi connectivity index (χ4n) is 12.1. The molecule has 3 saturated heterocycles. The first-order valence-corrected chi connectivity index (χ1v) is 37.5. The molecule has 3 fully saturated rings. The Hall–Kier alpha value is -3.29. The molecule has 1 amide bonds. The molecule has 17 atom stereocenters. The van der Waals surface area contributed by atoms with Crippen LogP contribution in [0.25, 0.3) is 0 Å². The van der Waals surface area contributed by atoms with Crippen LogP contribution in [0, 0.1) is 0 Å². The lowest BCUT2D eigenvalue weighted by Gasteiger charge is -2.48. The van der Waals surface area contributed by atoms with Crippen LogP contribution in [-0.4, -0.2) is 193 Å². The zero-order valence-corrected chi connectivity index (χ0v) is 58.8. The summed E-state index contributed by atoms with van der Waals surface area (Å²) < 4.78 is 34.4. The highest BCUT2D eigenvalue weighted by Gasteiger charge is 2.53. The van der Waals surface area contributed by atoms with Gasteiger partial charge in [-0.1, -0.05) is 265 Å². The molecule has 3 rings (SSSR count). The maximum absolute atomic E-state index is 13.4. The molecule has 0 aromatic rings. The first-order valence-electron chi connectivity index (χ1n) is 37.5. The van der Waals surface area contributed by atoms with Gasteiger partial charge in [-0.3, -0.25) is 4.79 Å². The minimum atomic E-state index is -1.98. The number of allylic oxidation sites excluding steroid dienone is 15. The average Bonchev–Trinajstić information content (AvgIpc) is 0.786. The summed E-state index contributed by atoms with van der Waals surface area (Å²) >= 11 is 0. The second-order valence-corrected chi connectivity index (χ2v) is 26.4. The van der Waals surface area contributed by atoms with Gasteiger partial charge < -0.3 is 89.9 Å². The highest BCUT2D eigenvalue weighted by Crippen LogP contribution is 2.33. The molecule has 0 radical (unpaired) electrons. The van der Waals surface area contributed by atoms with Crippen molar-refractivity contribution in [3.63, 3.8) is 0 Å². The quantitative estimate of drug-likeness (QED) is 0.0199. The number of amides is 1. The number of hydrogen-bond acceptors (Lipinski definition) is 18. The van der Waals surface area contributed by atoms with Gasteiger partial charge in [0.2, 0.25) is 5.91 Å². The summed E-state index contributed by atoms with van der Waals surface area (Å²) in [4.78, 5) is 13.4. The molecule has 12 N–H and O–H groups in total. The number of aliphatic hydroxyl groups excluding tert-OH is 11. The molecule has 19 nitrogen and oxygen atoms in total. The summed E-state index contributed by atoms with van der Waals surface area (Å²) in [7, 11) is 0. The lowest BCUT2D eigenvalue weighted by atomic mass is 9.96. The van der Waals surface area contributed by atoms with Crippen molar-refractivity contribution in [2.24, 2.45) is 0 Å². The number of aliphatic hydroxyl groups is 11. The molecule has 0 aliphatic carbocycles. The van der Waals surface area contributed by atoms with Crippen molar-refractivity contribution >= 4 is 5.91 Å². The van der Waals surface area contributed by atoms with Crippen molar-refractivity contribution in [1.29, 1.82) is 0 Å². The van der Waals surface area contributed by atoms with Crippen LogP contribution in [0.5, 0.6) is 0 Å². The largest absolute Gasteiger partial charge is 0.394 e. The van der Waals surface area contributed by atoms with Gasteiger partial charge in [0.25, 0.3) is 0 Å². The topological polar surface area (TPSA) is 307 Å². The molecule has 0 aromatic heterocycles. The molecule has 19 heteroatoms. The highest BCUT2D eigenvalue weighted by molar-refractivity contribution is 5.76. The fourth-order valence-corrected chi connectivity index (χ4v) is 12.1. The molecule has 0 aromatic carbocycles. The first-order chi connectivity index (χ1) is 46.8. The van der Waals surface area contributed by atoms with Gasteiger partial charge in [-0.15, -0.1) is 0 Å². The van der Waals surface area contributed by atoms with Gasteiger partial charge >= 0.3 is 0 Å². The Morgan fingerprint density at radius 1 is 0.385 bits per heavy atom. The third kappa shape index (κ3) is 37.9. The van der Waals surface area contributed by atoms with Gasteiger partial charge in [0.05, 0.1) is 38.6 Å². The van der Waals surface area contributed by atoms with Crippen molar-refractivity contribution in [2.45, 2.75) is 356 Å². The van der Waals surface area contributed by atoms with E-state index in [2.05, 4.69) is 104 Å². The molecule has 3 heterocycles. The van der Waals surface area contributed by atoms with E-state index in [9.17, 15) is 61.0 Å². The van der Waals surface area contributed by atoms with E-state index in [1.54, 1.807) is 6.08 Å². The van der Waals surface area contributed by atoms with Crippen molar-refractivity contribution in [1.82, 2.24) is 5.32 Å². The van der Waals surface area contributed by atoms with Crippen LogP contribution in [0.1, 0.15) is 251 Å². The number of unbranched alkanes of at least 4 members (excludes halogenated alkanes) is 27. The molecule has 0 saturated carbocycles. The summed E-state index contributed by atoms with van der Waals surface area (Å²) in [5, 5.41) is 121. The maximum Gasteiger partial charge on any atom is 0.220 e. The lowest BCUT2D eigenvalue weighted by Crippen LogP contribution is -2.66. The third-order valence-corrected chi connectivity index (χ3v) is 18.1. The molecule has 0 bridgehead atoms. The highest BCUT2D eigenvalue weighted by atomic mass is 16.8. The standard InChI is InChI=1S/C77H133NO18/c1-3-5-7-9-11-13-15-17-19-21-23-25-26-27-28-29-30-31-32-33-34-35-37-39-41-43-45-47-49-51-53-55-65(83)78-60(61(82)54-52-50-48-46-44-42-40-38-36-24-22-20-18-16-14-12-10-8-6-4-2)59-91-75-71(89)68(86)73(63(57-80)93-75)96-77-72(90)69(87)74(64(58-81)94-77)95-76-70(88)67(85)66(84)62(56-79)92-76/h5,7,11,13,17,19,23,25,27-28,30-31,33-34,52,54,60-64,66-77,79-82,84-90H,3-4,6,8-10,12,14-16,18,20-22,24,26,29,32,35-51,53,55-59H2,1-2H3,(H,78,83)/b7-5-,13-11-,19-17-,25-23-,28-27-,31-30-,34-33-,54-52+. The molecule has 96 heavy (non-hydrogen) atoms. The number of carbonyl (C=O) groups excluding carboxylic acids is 1. The molecule has 3 aliphatic heterocycles. The number of nitrogens with one attached hydrogen (secondary N) is 1. The zero-order chi connectivity index (χ0) is 69.6. The second kappa shape index (κ2) is 57.3. The molecule has 3 aliphatic rings. The third-order valence-electron chi connectivity index (χ3n) is 18.1. The molecule has 0 spiro atoms. The zero-order valence-electron chi connectivity index (χ0n) is 58.8. The van der Waals surface area contributed by atoms with E-state index in [0.717, 1.165) is 103 Å². The second-order valence-electron chi connectivity index (χ2n) is 26.4. The van der Waals surface area contributed by atoms with Gasteiger partial charge in [0, 0.05) is 6.42 Å². The smallest absolute Gasteiger partial charge is 0.220 e. The van der Waals surface area contributed by atoms with Crippen LogP contribution >= 0.6 is 0 Å². The van der Waals surface area contributed by atoms with Crippen LogP contribution in [0.2, 0.25) is 0 Å². The average molecular weight is 1360 g/mol. The number of ether oxygens (including phenoxy) is 6. The number of carbonyl (C=O) groups is 1. The molecule has 554 valence electrons. The van der Waals surface area contributed by atoms with Crippen LogP contribution < -0.4 is 5.32 Å². The maximum atomic E-state index is 13.4. The van der Waals surface area contributed by atoms with Crippen molar-refractivity contribution in [3.8, 4) is 0 Å². The summed E-state index contributed by atoms with van der Waals surface area (Å²) in [5.74, 6) is -0.284. The van der Waals surface area contributed by atoms with Gasteiger partial charge in [0.15, 0.2) is 18.9 Å². The van der Waals surface area contributed by atoms with Crippen LogP contribution in [0.15, 0.2) is 97.2 Å². The van der Waals surface area contributed by atoms with Crippen LogP contribution in [-0.2, 0) is 33.2 Å². The monoisotopic (exact) mass is 1360 g/mol. The van der Waals surface area contributed by atoms with E-state index >= 15 is 0 Å². The minimum Gasteiger partial charge on any atom is -0.394 e. The SMILES string of the molecule is CC/C=C\C/C=C\C/C=C\C/C=C\C/C=C\C/C=C\C/C=C\CCCCCCCCCCCC(=O)NC(COC1OC(CO)C(OC2OC(CO)C(OC3OC(CO)C(O)C(O)C3O)C(O)C2O)C(O)C1O)C(O)/C=C/CCCCCCCCCCCCCCCCCCCC. The fraction of sp³-hybridized carbons (Fsp3) is 0.779. The Morgan fingerprint density at radius 3 is 1.12 bits per heavy atom. The Balaban J connectivity index is 1.41. The van der Waals surface area contributed by atoms with E-state index < -0.39 is 124 Å². The summed E-state index contributed by atoms with van der Waals surface area (Å²) in [6.45, 7) is 1.62. The van der Waals surface area contributed by atoms with Gasteiger partial charge in [-0.2, -0.15) is 0 Å². The molecule has 17 unspecified atom stereocenters. The van der Waals surface area contributed by atoms with E-state index in [1.165, 1.54) is 122 Å². The van der Waals surface area contributed by atoms with E-state index in [1.807, 2.05) is 6.08 Å². The number of hydrogen-bond donors (Lipinski definition) is 12.